The maximum Gasteiger partial charge on any atom is 0.410 e. The van der Waals surface area contributed by atoms with Crippen molar-refractivity contribution in [2.24, 2.45) is 0 Å². The van der Waals surface area contributed by atoms with Gasteiger partial charge in [-0.15, -0.1) is 0 Å². The van der Waals surface area contributed by atoms with Crippen molar-refractivity contribution in [1.29, 1.82) is 0 Å². The molecule has 10 nitrogen and oxygen atoms in total. The first-order valence-corrected chi connectivity index (χ1v) is 11.6. The molecule has 0 bridgehead atoms. The third-order valence-electron chi connectivity index (χ3n) is 6.00. The minimum atomic E-state index is -0.992. The van der Waals surface area contributed by atoms with Crippen molar-refractivity contribution < 1.29 is 28.7 Å². The molecule has 0 saturated carbocycles. The fraction of sp³-hybridized carbons (Fsp3) is 0.480. The minimum Gasteiger partial charge on any atom is -0.444 e. The number of amides is 5. The molecule has 3 aliphatic heterocycles. The molecule has 4 rings (SSSR count). The molecular formula is C25H28N4O6. The lowest BCUT2D eigenvalue weighted by molar-refractivity contribution is -0.136. The maximum atomic E-state index is 12.9. The topological polar surface area (TPSA) is 116 Å². The molecule has 1 aromatic rings. The van der Waals surface area contributed by atoms with Gasteiger partial charge in [0, 0.05) is 38.2 Å². The number of rotatable bonds is 2. The van der Waals surface area contributed by atoms with E-state index in [9.17, 15) is 24.0 Å². The van der Waals surface area contributed by atoms with E-state index in [1.807, 2.05) is 20.8 Å². The second-order valence-corrected chi connectivity index (χ2v) is 9.75. The van der Waals surface area contributed by atoms with Gasteiger partial charge in [-0.05, 0) is 45.4 Å². The van der Waals surface area contributed by atoms with Gasteiger partial charge in [-0.2, -0.15) is 0 Å². The van der Waals surface area contributed by atoms with Crippen LogP contribution in [0.2, 0.25) is 0 Å². The lowest BCUT2D eigenvalue weighted by Crippen LogP contribution is -2.54. The fourth-order valence-electron chi connectivity index (χ4n) is 4.22. The van der Waals surface area contributed by atoms with Crippen molar-refractivity contribution >= 4 is 29.7 Å². The van der Waals surface area contributed by atoms with E-state index in [0.29, 0.717) is 38.3 Å². The highest BCUT2D eigenvalue weighted by molar-refractivity contribution is 6.23. The van der Waals surface area contributed by atoms with Crippen molar-refractivity contribution in [2.45, 2.75) is 45.3 Å². The molecule has 0 aromatic heterocycles. The zero-order chi connectivity index (χ0) is 25.3. The van der Waals surface area contributed by atoms with Crippen LogP contribution in [0.25, 0.3) is 0 Å². The smallest absolute Gasteiger partial charge is 0.410 e. The molecule has 5 amide bonds. The summed E-state index contributed by atoms with van der Waals surface area (Å²) in [6.45, 7) is 8.47. The molecule has 2 fully saturated rings. The quantitative estimate of drug-likeness (QED) is 0.496. The molecule has 0 spiro atoms. The summed E-state index contributed by atoms with van der Waals surface area (Å²) in [5.41, 5.74) is 0.490. The molecule has 1 aromatic carbocycles. The largest absolute Gasteiger partial charge is 0.444 e. The Morgan fingerprint density at radius 2 is 1.74 bits per heavy atom. The molecule has 0 aliphatic carbocycles. The van der Waals surface area contributed by atoms with E-state index < -0.39 is 35.3 Å². The Balaban J connectivity index is 1.36. The summed E-state index contributed by atoms with van der Waals surface area (Å²) in [6, 6.07) is 3.79. The molecule has 1 N–H and O–H groups in total. The van der Waals surface area contributed by atoms with Crippen LogP contribution in [-0.4, -0.2) is 88.8 Å². The van der Waals surface area contributed by atoms with E-state index in [4.69, 9.17) is 4.74 Å². The summed E-state index contributed by atoms with van der Waals surface area (Å²) in [6.07, 6.45) is -0.122. The number of benzene rings is 1. The molecule has 2 saturated heterocycles. The molecule has 35 heavy (non-hydrogen) atoms. The van der Waals surface area contributed by atoms with Crippen LogP contribution in [0.5, 0.6) is 0 Å². The van der Waals surface area contributed by atoms with Crippen LogP contribution in [0.15, 0.2) is 18.2 Å². The molecule has 1 unspecified atom stereocenters. The van der Waals surface area contributed by atoms with E-state index in [1.54, 1.807) is 23.1 Å². The van der Waals surface area contributed by atoms with Gasteiger partial charge >= 0.3 is 6.09 Å². The lowest BCUT2D eigenvalue weighted by Gasteiger charge is -2.34. The normalized spacial score (nSPS) is 20.8. The Labute approximate surface area is 203 Å². The highest BCUT2D eigenvalue weighted by Crippen LogP contribution is 2.28. The SMILES string of the molecule is CC(C)(C)OC(=O)N1CCN(CC#Cc2ccc3c(c2)C(=O)N(C2CCC(=O)NC2=O)C3=O)CC1. The number of imide groups is 2. The number of nitrogens with zero attached hydrogens (tertiary/aromatic N) is 3. The fourth-order valence-corrected chi connectivity index (χ4v) is 4.22. The lowest BCUT2D eigenvalue weighted by atomic mass is 10.0. The standard InChI is InChI=1S/C25H28N4O6/c1-25(2,3)35-24(34)28-13-11-27(12-14-28)10-4-5-16-6-7-17-18(15-16)23(33)29(22(17)32)19-8-9-20(30)26-21(19)31/h6-7,15,19H,8-14H2,1-3H3,(H,26,30,31). The van der Waals surface area contributed by atoms with Crippen LogP contribution in [0, 0.1) is 11.8 Å². The highest BCUT2D eigenvalue weighted by atomic mass is 16.6. The Bertz CT molecular complexity index is 1150. The average Bonchev–Trinajstić information content (AvgIpc) is 3.03. The Hall–Kier alpha value is -3.71. The predicted octanol–water partition coefficient (Wildman–Crippen LogP) is 0.992. The van der Waals surface area contributed by atoms with Gasteiger partial charge in [0.1, 0.15) is 11.6 Å². The van der Waals surface area contributed by atoms with E-state index in [-0.39, 0.29) is 30.1 Å². The van der Waals surface area contributed by atoms with Gasteiger partial charge in [0.2, 0.25) is 11.8 Å². The highest BCUT2D eigenvalue weighted by Gasteiger charge is 2.44. The first-order chi connectivity index (χ1) is 16.5. The van der Waals surface area contributed by atoms with Crippen LogP contribution < -0.4 is 5.32 Å². The summed E-state index contributed by atoms with van der Waals surface area (Å²) in [5.74, 6) is 3.97. The first-order valence-electron chi connectivity index (χ1n) is 11.6. The van der Waals surface area contributed by atoms with Crippen molar-refractivity contribution in [3.05, 3.63) is 34.9 Å². The Kier molecular flexibility index (Phi) is 6.63. The van der Waals surface area contributed by atoms with Crippen LogP contribution >= 0.6 is 0 Å². The predicted molar refractivity (Wildman–Crippen MR) is 124 cm³/mol. The number of hydrogen-bond acceptors (Lipinski definition) is 7. The Morgan fingerprint density at radius 3 is 2.40 bits per heavy atom. The van der Waals surface area contributed by atoms with Crippen LogP contribution in [-0.2, 0) is 14.3 Å². The van der Waals surface area contributed by atoms with Gasteiger partial charge in [0.15, 0.2) is 0 Å². The summed E-state index contributed by atoms with van der Waals surface area (Å²) in [5, 5.41) is 2.18. The number of piperidine rings is 1. The van der Waals surface area contributed by atoms with Crippen molar-refractivity contribution in [3.8, 4) is 11.8 Å². The van der Waals surface area contributed by atoms with Crippen molar-refractivity contribution in [2.75, 3.05) is 32.7 Å². The summed E-state index contributed by atoms with van der Waals surface area (Å²) >= 11 is 0. The Morgan fingerprint density at radius 1 is 1.06 bits per heavy atom. The molecule has 1 atom stereocenters. The van der Waals surface area contributed by atoms with Gasteiger partial charge in [0.25, 0.3) is 11.8 Å². The van der Waals surface area contributed by atoms with Crippen LogP contribution in [0.3, 0.4) is 0 Å². The molecule has 0 radical (unpaired) electrons. The number of ether oxygens (including phenoxy) is 1. The van der Waals surface area contributed by atoms with Gasteiger partial charge in [0.05, 0.1) is 17.7 Å². The number of nitrogens with one attached hydrogen (secondary N) is 1. The zero-order valence-corrected chi connectivity index (χ0v) is 20.1. The molecule has 3 heterocycles. The van der Waals surface area contributed by atoms with Crippen molar-refractivity contribution in [3.63, 3.8) is 0 Å². The number of hydrogen-bond donors (Lipinski definition) is 1. The van der Waals surface area contributed by atoms with Gasteiger partial charge in [-0.25, -0.2) is 4.79 Å². The van der Waals surface area contributed by atoms with Crippen molar-refractivity contribution in [1.82, 2.24) is 20.0 Å². The molecule has 10 heteroatoms. The third-order valence-corrected chi connectivity index (χ3v) is 6.00. The van der Waals surface area contributed by atoms with E-state index in [0.717, 1.165) is 4.90 Å². The second kappa shape index (κ2) is 9.50. The maximum absolute atomic E-state index is 12.9. The van der Waals surface area contributed by atoms with E-state index in [2.05, 4.69) is 22.1 Å². The first kappa shape index (κ1) is 24.4. The average molecular weight is 481 g/mol. The van der Waals surface area contributed by atoms with Crippen LogP contribution in [0.1, 0.15) is 59.9 Å². The minimum absolute atomic E-state index is 0.0760. The van der Waals surface area contributed by atoms with Gasteiger partial charge in [-0.3, -0.25) is 34.3 Å². The second-order valence-electron chi connectivity index (χ2n) is 9.75. The monoisotopic (exact) mass is 480 g/mol. The van der Waals surface area contributed by atoms with Crippen LogP contribution in [0.4, 0.5) is 4.79 Å². The summed E-state index contributed by atoms with van der Waals surface area (Å²) < 4.78 is 5.41. The molecule has 184 valence electrons. The van der Waals surface area contributed by atoms with E-state index >= 15 is 0 Å². The van der Waals surface area contributed by atoms with Gasteiger partial charge in [-0.1, -0.05) is 11.8 Å². The summed E-state index contributed by atoms with van der Waals surface area (Å²) in [7, 11) is 0. The zero-order valence-electron chi connectivity index (χ0n) is 20.1. The summed E-state index contributed by atoms with van der Waals surface area (Å²) in [4.78, 5) is 66.2. The molecular weight excluding hydrogens is 452 g/mol. The number of carbonyl (C=O) groups excluding carboxylic acids is 5. The number of carbonyl (C=O) groups is 5. The van der Waals surface area contributed by atoms with E-state index in [1.165, 1.54) is 0 Å². The van der Waals surface area contributed by atoms with Gasteiger partial charge < -0.3 is 9.64 Å². The number of fused-ring (bicyclic) bond motifs is 1. The molecule has 3 aliphatic rings. The third kappa shape index (κ3) is 5.35. The number of piperazine rings is 1.